The van der Waals surface area contributed by atoms with Crippen molar-refractivity contribution in [2.75, 3.05) is 0 Å². The van der Waals surface area contributed by atoms with E-state index in [-0.39, 0.29) is 5.41 Å². The maximum atomic E-state index is 6.26. The molecule has 3 heterocycles. The molecule has 4 saturated carbocycles. The second-order valence-electron chi connectivity index (χ2n) is 17.4. The summed E-state index contributed by atoms with van der Waals surface area (Å²) in [5.41, 5.74) is 12.2. The zero-order valence-electron chi connectivity index (χ0n) is 31.6. The van der Waals surface area contributed by atoms with Crippen molar-refractivity contribution in [3.05, 3.63) is 157 Å². The normalized spacial score (nSPS) is 25.9. The van der Waals surface area contributed by atoms with Crippen molar-refractivity contribution in [3.63, 3.8) is 0 Å². The number of hydrogen-bond acceptors (Lipinski definition) is 6. The van der Waals surface area contributed by atoms with Crippen LogP contribution >= 0.6 is 11.8 Å². The van der Waals surface area contributed by atoms with Crippen molar-refractivity contribution in [2.45, 2.75) is 40.9 Å². The first-order chi connectivity index (χ1) is 28.7. The van der Waals surface area contributed by atoms with Gasteiger partial charge >= 0.3 is 0 Å². The average Bonchev–Trinajstić information content (AvgIpc) is 3.88. The minimum atomic E-state index is 0.195. The first kappa shape index (κ1) is 31.9. The highest BCUT2D eigenvalue weighted by Gasteiger charge is 2.82. The molecular formula is C52H36N4OS. The van der Waals surface area contributed by atoms with E-state index in [1.54, 1.807) is 35.3 Å². The Kier molecular flexibility index (Phi) is 6.22. The van der Waals surface area contributed by atoms with Crippen molar-refractivity contribution >= 4 is 22.5 Å². The van der Waals surface area contributed by atoms with Gasteiger partial charge in [-0.15, -0.1) is 0 Å². The summed E-state index contributed by atoms with van der Waals surface area (Å²) in [5.74, 6) is 7.13. The van der Waals surface area contributed by atoms with E-state index in [9.17, 15) is 0 Å². The molecule has 6 aromatic carbocycles. The molecule has 6 atom stereocenters. The predicted molar refractivity (Wildman–Crippen MR) is 229 cm³/mol. The average molecular weight is 765 g/mol. The summed E-state index contributed by atoms with van der Waals surface area (Å²) in [7, 11) is 0. The van der Waals surface area contributed by atoms with Crippen molar-refractivity contribution < 1.29 is 4.74 Å². The molecule has 6 unspecified atom stereocenters. The smallest absolute Gasteiger partial charge is 0.164 e. The molecule has 0 amide bonds. The van der Waals surface area contributed by atoms with Crippen LogP contribution in [-0.4, -0.2) is 19.9 Å². The topological polar surface area (TPSA) is 60.8 Å². The van der Waals surface area contributed by atoms with E-state index in [4.69, 9.17) is 19.7 Å². The summed E-state index contributed by atoms with van der Waals surface area (Å²) >= 11 is 1.71. The van der Waals surface area contributed by atoms with Gasteiger partial charge < -0.3 is 4.74 Å². The van der Waals surface area contributed by atoms with Gasteiger partial charge in [0.05, 0.1) is 9.79 Å². The predicted octanol–water partition coefficient (Wildman–Crippen LogP) is 12.7. The molecular weight excluding hydrogens is 729 g/mol. The summed E-state index contributed by atoms with van der Waals surface area (Å²) < 4.78 is 6.26. The van der Waals surface area contributed by atoms with Crippen molar-refractivity contribution in [2.24, 2.45) is 29.1 Å². The molecule has 4 fully saturated rings. The van der Waals surface area contributed by atoms with Crippen LogP contribution in [0.2, 0.25) is 0 Å². The van der Waals surface area contributed by atoms with Gasteiger partial charge in [-0.1, -0.05) is 90.6 Å². The van der Waals surface area contributed by atoms with Crippen LogP contribution in [0.5, 0.6) is 11.5 Å². The molecule has 58 heavy (non-hydrogen) atoms. The Balaban J connectivity index is 0.899. The lowest BCUT2D eigenvalue weighted by atomic mass is 9.34. The van der Waals surface area contributed by atoms with Crippen molar-refractivity contribution in [3.8, 4) is 67.9 Å². The molecule has 0 N–H and O–H groups in total. The van der Waals surface area contributed by atoms with Gasteiger partial charge in [0.25, 0.3) is 0 Å². The van der Waals surface area contributed by atoms with Gasteiger partial charge in [0.15, 0.2) is 17.5 Å². The van der Waals surface area contributed by atoms with E-state index in [0.717, 1.165) is 67.0 Å². The second-order valence-corrected chi connectivity index (χ2v) is 18.5. The number of benzene rings is 6. The van der Waals surface area contributed by atoms with Gasteiger partial charge in [-0.05, 0) is 154 Å². The summed E-state index contributed by atoms with van der Waals surface area (Å²) in [6.45, 7) is 0. The van der Waals surface area contributed by atoms with E-state index >= 15 is 0 Å². The molecule has 2 aromatic heterocycles. The summed E-state index contributed by atoms with van der Waals surface area (Å²) in [5, 5.41) is 2.30. The Morgan fingerprint density at radius 1 is 0.500 bits per heavy atom. The zero-order valence-corrected chi connectivity index (χ0v) is 32.4. The van der Waals surface area contributed by atoms with Gasteiger partial charge in [-0.25, -0.2) is 15.0 Å². The van der Waals surface area contributed by atoms with Gasteiger partial charge in [-0.2, -0.15) is 0 Å². The van der Waals surface area contributed by atoms with Crippen LogP contribution in [0.1, 0.15) is 36.8 Å². The second kappa shape index (κ2) is 11.3. The molecule has 8 aromatic rings. The Labute approximate surface area is 340 Å². The van der Waals surface area contributed by atoms with Gasteiger partial charge in [-0.3, -0.25) is 4.98 Å². The minimum absolute atomic E-state index is 0.195. The first-order valence-corrected chi connectivity index (χ1v) is 21.5. The maximum absolute atomic E-state index is 6.26. The van der Waals surface area contributed by atoms with Crippen LogP contribution in [0, 0.1) is 29.1 Å². The number of pyridine rings is 1. The molecule has 14 rings (SSSR count). The Morgan fingerprint density at radius 3 is 2.07 bits per heavy atom. The summed E-state index contributed by atoms with van der Waals surface area (Å²) in [4.78, 5) is 21.8. The van der Waals surface area contributed by atoms with Crippen LogP contribution in [0.4, 0.5) is 0 Å². The molecule has 6 heteroatoms. The quantitative estimate of drug-likeness (QED) is 0.178. The first-order valence-electron chi connectivity index (χ1n) is 20.7. The largest absolute Gasteiger partial charge is 0.455 e. The molecule has 2 spiro atoms. The number of ether oxygens (including phenoxy) is 1. The highest BCUT2D eigenvalue weighted by atomic mass is 32.2. The molecule has 5 aliphatic carbocycles. The van der Waals surface area contributed by atoms with E-state index in [1.165, 1.54) is 53.3 Å². The number of fused-ring (bicyclic) bond motifs is 11. The number of aromatic nitrogens is 4. The highest BCUT2D eigenvalue weighted by Crippen LogP contribution is 2.88. The van der Waals surface area contributed by atoms with Crippen molar-refractivity contribution in [1.82, 2.24) is 19.9 Å². The number of nitrogens with zero attached hydrogens (tertiary/aromatic N) is 4. The van der Waals surface area contributed by atoms with Gasteiger partial charge in [0.1, 0.15) is 11.5 Å². The fourth-order valence-electron chi connectivity index (χ4n) is 13.1. The Morgan fingerprint density at radius 2 is 1.19 bits per heavy atom. The Hall–Kier alpha value is -6.11. The standard InChI is InChI=1S/C52H36N4OS/c1-2-8-37-36(7-1)35(30-13-17-42-40(23-30)38-9-3-4-10-41(38)52(42)34-26-32-25-33-27-47(52)51(32,33)28-34)15-16-39(37)50-55-48(29-19-21-53-22-20-29)54-49(56-50)31-14-18-44-46(24-31)58-45-12-6-5-11-43(45)57-44/h1-24,32-34,47H,25-28H2. The fraction of sp³-hybridized carbons (Fsp3) is 0.192. The van der Waals surface area contributed by atoms with E-state index in [2.05, 4.69) is 96.0 Å². The zero-order chi connectivity index (χ0) is 37.7. The lowest BCUT2D eigenvalue weighted by Gasteiger charge is -2.70. The Bertz CT molecular complexity index is 3090. The van der Waals surface area contributed by atoms with Gasteiger partial charge in [0, 0.05) is 34.5 Å². The molecule has 276 valence electrons. The van der Waals surface area contributed by atoms with Gasteiger partial charge in [0.2, 0.25) is 0 Å². The van der Waals surface area contributed by atoms with E-state index in [1.807, 2.05) is 42.5 Å². The summed E-state index contributed by atoms with van der Waals surface area (Å²) in [6, 6.07) is 48.4. The fourth-order valence-corrected chi connectivity index (χ4v) is 14.1. The van der Waals surface area contributed by atoms with Crippen LogP contribution in [0.25, 0.3) is 67.2 Å². The monoisotopic (exact) mass is 764 g/mol. The number of para-hydroxylation sites is 1. The lowest BCUT2D eigenvalue weighted by molar-refractivity contribution is -0.193. The maximum Gasteiger partial charge on any atom is 0.164 e. The van der Waals surface area contributed by atoms with Crippen LogP contribution in [-0.2, 0) is 5.41 Å². The highest BCUT2D eigenvalue weighted by molar-refractivity contribution is 7.99. The molecule has 5 nitrogen and oxygen atoms in total. The van der Waals surface area contributed by atoms with E-state index in [0.29, 0.717) is 22.9 Å². The molecule has 2 bridgehead atoms. The van der Waals surface area contributed by atoms with Crippen LogP contribution in [0.15, 0.2) is 156 Å². The summed E-state index contributed by atoms with van der Waals surface area (Å²) in [6.07, 6.45) is 9.36. The number of rotatable bonds is 4. The third-order valence-electron chi connectivity index (χ3n) is 15.3. The van der Waals surface area contributed by atoms with E-state index < -0.39 is 0 Å². The molecule has 6 aliphatic rings. The van der Waals surface area contributed by atoms with Crippen LogP contribution in [0.3, 0.4) is 0 Å². The van der Waals surface area contributed by atoms with Crippen molar-refractivity contribution in [1.29, 1.82) is 0 Å². The van der Waals surface area contributed by atoms with Crippen LogP contribution < -0.4 is 4.74 Å². The number of hydrogen-bond donors (Lipinski definition) is 0. The lowest BCUT2D eigenvalue weighted by Crippen LogP contribution is -2.65. The molecule has 0 radical (unpaired) electrons. The molecule has 0 saturated heterocycles. The minimum Gasteiger partial charge on any atom is -0.455 e. The SMILES string of the molecule is c1ccc2c(c1)Oc1ccc(-c3nc(-c4ccncc4)nc(-c4ccc(-c5ccc6c(c5)-c5ccccc5C65C6CC7CC8CC5C78C6)c5ccccc45)n3)cc1S2. The third kappa shape index (κ3) is 3.99. The molecule has 1 aliphatic heterocycles. The third-order valence-corrected chi connectivity index (χ3v) is 16.4.